The van der Waals surface area contributed by atoms with Crippen LogP contribution < -0.4 is 5.32 Å². The summed E-state index contributed by atoms with van der Waals surface area (Å²) in [5, 5.41) is 4.48. The van der Waals surface area contributed by atoms with E-state index in [0.29, 0.717) is 18.5 Å². The molecule has 1 aromatic carbocycles. The summed E-state index contributed by atoms with van der Waals surface area (Å²) in [5.41, 5.74) is 0. The summed E-state index contributed by atoms with van der Waals surface area (Å²) >= 11 is 0. The summed E-state index contributed by atoms with van der Waals surface area (Å²) < 4.78 is 33.9. The molecule has 1 unspecified atom stereocenters. The van der Waals surface area contributed by atoms with Gasteiger partial charge in [0.15, 0.2) is 0 Å². The summed E-state index contributed by atoms with van der Waals surface area (Å²) in [6.07, 6.45) is 11.8. The molecular weight excluding hydrogens is 400 g/mol. The number of amides is 1. The van der Waals surface area contributed by atoms with Crippen LogP contribution in [0.4, 0.5) is 0 Å². The van der Waals surface area contributed by atoms with E-state index >= 15 is 0 Å². The van der Waals surface area contributed by atoms with Gasteiger partial charge in [-0.25, -0.2) is 8.42 Å². The van der Waals surface area contributed by atoms with Crippen LogP contribution in [0.5, 0.6) is 0 Å². The largest absolute Gasteiger partial charge is 0.450 e. The topological polar surface area (TPSA) is 79.6 Å². The Morgan fingerprint density at radius 1 is 1.00 bits per heavy atom. The van der Waals surface area contributed by atoms with Crippen LogP contribution in [0, 0.1) is 5.92 Å². The number of benzene rings is 1. The molecule has 1 aliphatic heterocycles. The van der Waals surface area contributed by atoms with E-state index in [9.17, 15) is 13.2 Å². The van der Waals surface area contributed by atoms with Gasteiger partial charge in [0.25, 0.3) is 10.0 Å². The summed E-state index contributed by atoms with van der Waals surface area (Å²) in [5.74, 6) is 0.149. The maximum Gasteiger partial charge on any atom is 0.277 e. The maximum atomic E-state index is 13.4. The van der Waals surface area contributed by atoms with E-state index in [0.717, 1.165) is 50.3 Å². The first-order valence-corrected chi connectivity index (χ1v) is 12.8. The number of sulfonamides is 1. The van der Waals surface area contributed by atoms with Crippen molar-refractivity contribution in [2.45, 2.75) is 75.3 Å². The van der Waals surface area contributed by atoms with Crippen LogP contribution in [0.1, 0.15) is 64.2 Å². The highest BCUT2D eigenvalue weighted by molar-refractivity contribution is 7.89. The lowest BCUT2D eigenvalue weighted by Crippen LogP contribution is -2.50. The Morgan fingerprint density at radius 2 is 1.70 bits per heavy atom. The van der Waals surface area contributed by atoms with Crippen molar-refractivity contribution in [2.24, 2.45) is 5.92 Å². The summed E-state index contributed by atoms with van der Waals surface area (Å²) in [4.78, 5) is 12.8. The Kier molecular flexibility index (Phi) is 6.78. The quantitative estimate of drug-likeness (QED) is 0.757. The molecule has 1 amide bonds. The summed E-state index contributed by atoms with van der Waals surface area (Å²) in [7, 11) is -3.76. The molecule has 1 aliphatic carbocycles. The standard InChI is InChI=1S/C23H32N2O4S/c26-22(18-10-4-2-1-3-5-11-18)24-16-20-13-8-9-15-25(20)30(27,28)23-21-14-7-6-12-19(21)17-29-23/h6-7,12,14,17-18,20H,1-5,8-11,13,15-16H2,(H,24,26). The first-order valence-electron chi connectivity index (χ1n) is 11.3. The van der Waals surface area contributed by atoms with Gasteiger partial charge < -0.3 is 9.73 Å². The number of hydrogen-bond acceptors (Lipinski definition) is 4. The average molecular weight is 433 g/mol. The second-order valence-electron chi connectivity index (χ2n) is 8.66. The van der Waals surface area contributed by atoms with Gasteiger partial charge in [-0.15, -0.1) is 0 Å². The molecule has 0 bridgehead atoms. The Balaban J connectivity index is 1.46. The predicted molar refractivity (Wildman–Crippen MR) is 117 cm³/mol. The highest BCUT2D eigenvalue weighted by Gasteiger charge is 2.37. The molecule has 6 nitrogen and oxygen atoms in total. The van der Waals surface area contributed by atoms with Crippen LogP contribution in [0.2, 0.25) is 0 Å². The van der Waals surface area contributed by atoms with Crippen molar-refractivity contribution < 1.29 is 17.6 Å². The highest BCUT2D eigenvalue weighted by atomic mass is 32.2. The van der Waals surface area contributed by atoms with Gasteiger partial charge in [-0.05, 0) is 31.7 Å². The maximum absolute atomic E-state index is 13.4. The number of carbonyl (C=O) groups is 1. The molecule has 1 saturated carbocycles. The Hall–Kier alpha value is -1.86. The normalized spacial score (nSPS) is 22.5. The molecule has 30 heavy (non-hydrogen) atoms. The lowest BCUT2D eigenvalue weighted by molar-refractivity contribution is -0.125. The number of piperidine rings is 1. The second-order valence-corrected chi connectivity index (χ2v) is 10.5. The fourth-order valence-electron chi connectivity index (χ4n) is 4.85. The molecule has 1 aromatic heterocycles. The van der Waals surface area contributed by atoms with Crippen LogP contribution >= 0.6 is 0 Å². The van der Waals surface area contributed by atoms with Gasteiger partial charge >= 0.3 is 0 Å². The van der Waals surface area contributed by atoms with Gasteiger partial charge in [0.2, 0.25) is 11.0 Å². The van der Waals surface area contributed by atoms with Gasteiger partial charge in [0, 0.05) is 35.8 Å². The molecule has 0 spiro atoms. The van der Waals surface area contributed by atoms with E-state index in [1.807, 2.05) is 18.2 Å². The van der Waals surface area contributed by atoms with E-state index in [-0.39, 0.29) is 23.0 Å². The molecule has 0 radical (unpaired) electrons. The molecular formula is C23H32N2O4S. The van der Waals surface area contributed by atoms with Crippen LogP contribution in [-0.2, 0) is 14.8 Å². The molecule has 1 saturated heterocycles. The lowest BCUT2D eigenvalue weighted by Gasteiger charge is -2.34. The summed E-state index contributed by atoms with van der Waals surface area (Å²) in [6.45, 7) is 0.828. The highest BCUT2D eigenvalue weighted by Crippen LogP contribution is 2.31. The van der Waals surface area contributed by atoms with Crippen molar-refractivity contribution in [1.29, 1.82) is 0 Å². The lowest BCUT2D eigenvalue weighted by atomic mass is 9.90. The van der Waals surface area contributed by atoms with Crippen molar-refractivity contribution in [2.75, 3.05) is 13.1 Å². The molecule has 2 fully saturated rings. The number of nitrogens with zero attached hydrogens (tertiary/aromatic N) is 1. The zero-order valence-electron chi connectivity index (χ0n) is 17.5. The van der Waals surface area contributed by atoms with Crippen molar-refractivity contribution in [1.82, 2.24) is 9.62 Å². The van der Waals surface area contributed by atoms with Gasteiger partial charge in [0.1, 0.15) is 6.26 Å². The first kappa shape index (κ1) is 21.4. The number of nitrogens with one attached hydrogen (secondary N) is 1. The Labute approximate surface area is 179 Å². The van der Waals surface area contributed by atoms with E-state index in [1.54, 1.807) is 10.4 Å². The minimum atomic E-state index is -3.76. The van der Waals surface area contributed by atoms with E-state index in [2.05, 4.69) is 5.32 Å². The minimum Gasteiger partial charge on any atom is -0.450 e. The third-order valence-electron chi connectivity index (χ3n) is 6.58. The van der Waals surface area contributed by atoms with Gasteiger partial charge in [-0.3, -0.25) is 4.79 Å². The zero-order chi connectivity index (χ0) is 21.0. The number of hydrogen-bond donors (Lipinski definition) is 1. The zero-order valence-corrected chi connectivity index (χ0v) is 18.3. The molecule has 1 N–H and O–H groups in total. The van der Waals surface area contributed by atoms with Gasteiger partial charge in [-0.1, -0.05) is 56.7 Å². The van der Waals surface area contributed by atoms with Crippen LogP contribution in [-0.4, -0.2) is 37.8 Å². The van der Waals surface area contributed by atoms with Crippen molar-refractivity contribution in [3.63, 3.8) is 0 Å². The van der Waals surface area contributed by atoms with Crippen LogP contribution in [0.3, 0.4) is 0 Å². The second kappa shape index (κ2) is 9.52. The molecule has 1 atom stereocenters. The Bertz CT molecular complexity index is 960. The minimum absolute atomic E-state index is 0.0105. The SMILES string of the molecule is O=C(NCC1CCCCN1S(=O)(=O)c1occ2ccccc12)C1CCCCCCC1. The number of fused-ring (bicyclic) bond motifs is 1. The molecule has 2 aliphatic rings. The number of furan rings is 1. The average Bonchev–Trinajstić information content (AvgIpc) is 3.17. The number of carbonyl (C=O) groups excluding carboxylic acids is 1. The number of rotatable bonds is 5. The van der Waals surface area contributed by atoms with E-state index in [4.69, 9.17) is 4.42 Å². The van der Waals surface area contributed by atoms with Crippen molar-refractivity contribution in [3.05, 3.63) is 30.5 Å². The fourth-order valence-corrected chi connectivity index (χ4v) is 6.64. The smallest absolute Gasteiger partial charge is 0.277 e. The van der Waals surface area contributed by atoms with E-state index in [1.165, 1.54) is 25.5 Å². The third kappa shape index (κ3) is 4.57. The van der Waals surface area contributed by atoms with Crippen LogP contribution in [0.15, 0.2) is 40.0 Å². The van der Waals surface area contributed by atoms with Gasteiger partial charge in [-0.2, -0.15) is 4.31 Å². The van der Waals surface area contributed by atoms with Gasteiger partial charge in [0.05, 0.1) is 0 Å². The van der Waals surface area contributed by atoms with Crippen LogP contribution in [0.25, 0.3) is 10.8 Å². The molecule has 2 aromatic rings. The Morgan fingerprint density at radius 3 is 2.50 bits per heavy atom. The monoisotopic (exact) mass is 432 g/mol. The van der Waals surface area contributed by atoms with Crippen molar-refractivity contribution >= 4 is 26.7 Å². The van der Waals surface area contributed by atoms with E-state index < -0.39 is 10.0 Å². The van der Waals surface area contributed by atoms with Crippen molar-refractivity contribution in [3.8, 4) is 0 Å². The predicted octanol–water partition coefficient (Wildman–Crippen LogP) is 4.45. The summed E-state index contributed by atoms with van der Waals surface area (Å²) in [6, 6.07) is 7.08. The molecule has 164 valence electrons. The fraction of sp³-hybridized carbons (Fsp3) is 0.609. The molecule has 2 heterocycles. The molecule has 4 rings (SSSR count). The first-order chi connectivity index (χ1) is 14.6. The molecule has 7 heteroatoms. The third-order valence-corrected chi connectivity index (χ3v) is 8.46.